The molecular weight excluding hydrogens is 701 g/mol. The molecule has 1 N–H and O–H groups in total. The second-order valence-corrected chi connectivity index (χ2v) is 16.8. The van der Waals surface area contributed by atoms with Crippen LogP contribution in [0, 0.1) is 0 Å². The lowest BCUT2D eigenvalue weighted by Crippen LogP contribution is -2.37. The third kappa shape index (κ3) is 39.7. The van der Waals surface area contributed by atoms with Gasteiger partial charge in [0.15, 0.2) is 6.10 Å². The van der Waals surface area contributed by atoms with Gasteiger partial charge in [0.1, 0.15) is 19.8 Å². The number of carbonyl (C=O) groups is 2. The van der Waals surface area contributed by atoms with Crippen molar-refractivity contribution in [1.29, 1.82) is 0 Å². The molecule has 0 aliphatic heterocycles. The number of nitrogens with zero attached hydrogens (tertiary/aromatic N) is 1. The van der Waals surface area contributed by atoms with E-state index in [1.807, 2.05) is 21.1 Å². The van der Waals surface area contributed by atoms with Crippen molar-refractivity contribution in [2.24, 2.45) is 0 Å². The van der Waals surface area contributed by atoms with Crippen LogP contribution in [-0.4, -0.2) is 74.9 Å². The molecule has 0 heterocycles. The summed E-state index contributed by atoms with van der Waals surface area (Å²) in [5.41, 5.74) is 0. The van der Waals surface area contributed by atoms with Crippen LogP contribution in [0.15, 0.2) is 48.6 Å². The smallest absolute Gasteiger partial charge is 0.462 e. The number of hydrogen-bond acceptors (Lipinski definition) is 7. The molecule has 2 atom stereocenters. The average Bonchev–Trinajstić information content (AvgIpc) is 3.12. The molecule has 0 aliphatic carbocycles. The normalized spacial score (nSPS) is 14.1. The number of allylic oxidation sites excluding steroid dienone is 8. The molecule has 0 saturated heterocycles. The summed E-state index contributed by atoms with van der Waals surface area (Å²) in [4.78, 5) is 35.3. The van der Waals surface area contributed by atoms with Crippen molar-refractivity contribution < 1.29 is 42.1 Å². The van der Waals surface area contributed by atoms with Crippen molar-refractivity contribution in [2.75, 3.05) is 47.5 Å². The Balaban J connectivity index is 4.47. The van der Waals surface area contributed by atoms with E-state index in [9.17, 15) is 19.0 Å². The highest BCUT2D eigenvalue weighted by atomic mass is 31.2. The van der Waals surface area contributed by atoms with Crippen LogP contribution < -0.4 is 0 Å². The molecule has 0 aliphatic rings. The van der Waals surface area contributed by atoms with E-state index in [4.69, 9.17) is 18.5 Å². The van der Waals surface area contributed by atoms with Crippen LogP contribution in [-0.2, 0) is 32.7 Å². The minimum Gasteiger partial charge on any atom is -0.462 e. The third-order valence-electron chi connectivity index (χ3n) is 8.83. The van der Waals surface area contributed by atoms with Crippen LogP contribution in [0.4, 0.5) is 0 Å². The Morgan fingerprint density at radius 3 is 1.57 bits per heavy atom. The standard InChI is InChI=1S/C44H80NO8P/c1-6-8-10-12-14-16-18-20-22-24-26-28-30-32-34-36-43(46)50-40-42(41-52-54(48,49)51-39-38-45(3,4)5)53-44(47)37-35-33-31-29-27-25-23-21-19-17-15-13-11-9-7-2/h14,16,20-23,26,28,42H,6-13,15,17-19,24-25,27,29-41H2,1-5H3/p+1. The van der Waals surface area contributed by atoms with E-state index in [2.05, 4.69) is 62.5 Å². The summed E-state index contributed by atoms with van der Waals surface area (Å²) in [6.45, 7) is 4.32. The fourth-order valence-electron chi connectivity index (χ4n) is 5.43. The summed E-state index contributed by atoms with van der Waals surface area (Å²) in [6.07, 6.45) is 41.6. The first kappa shape index (κ1) is 52.0. The van der Waals surface area contributed by atoms with Crippen molar-refractivity contribution in [2.45, 2.75) is 174 Å². The van der Waals surface area contributed by atoms with Gasteiger partial charge in [-0.05, 0) is 77.0 Å². The van der Waals surface area contributed by atoms with E-state index in [0.717, 1.165) is 64.2 Å². The number of phosphoric acid groups is 1. The molecule has 0 amide bonds. The zero-order valence-electron chi connectivity index (χ0n) is 35.2. The summed E-state index contributed by atoms with van der Waals surface area (Å²) in [5, 5.41) is 0. The molecule has 0 aromatic rings. The molecule has 2 unspecified atom stereocenters. The molecule has 0 rings (SSSR count). The molecular formula is C44H81NO8P+. The Morgan fingerprint density at radius 1 is 0.574 bits per heavy atom. The van der Waals surface area contributed by atoms with Crippen LogP contribution in [0.5, 0.6) is 0 Å². The number of likely N-dealkylation sites (N-methyl/N-ethyl adjacent to an activating group) is 1. The SMILES string of the molecule is CCCCCC=CCC=CCC=CCCCCC(=O)OCC(COP(=O)(O)OCC[N+](C)(C)C)OC(=O)CCCCCCCC=CCCCCCCCC. The van der Waals surface area contributed by atoms with E-state index in [1.165, 1.54) is 64.2 Å². The minimum atomic E-state index is -4.38. The van der Waals surface area contributed by atoms with Crippen molar-refractivity contribution in [3.05, 3.63) is 48.6 Å². The molecule has 0 spiro atoms. The Morgan fingerprint density at radius 2 is 1.00 bits per heavy atom. The summed E-state index contributed by atoms with van der Waals surface area (Å²) in [5.74, 6) is -0.856. The highest BCUT2D eigenvalue weighted by molar-refractivity contribution is 7.47. The van der Waals surface area contributed by atoms with Gasteiger partial charge in [-0.25, -0.2) is 4.57 Å². The van der Waals surface area contributed by atoms with E-state index < -0.39 is 32.5 Å². The van der Waals surface area contributed by atoms with Gasteiger partial charge in [-0.2, -0.15) is 0 Å². The molecule has 0 aromatic carbocycles. The predicted molar refractivity (Wildman–Crippen MR) is 224 cm³/mol. The molecule has 0 aromatic heterocycles. The highest BCUT2D eigenvalue weighted by Gasteiger charge is 2.27. The highest BCUT2D eigenvalue weighted by Crippen LogP contribution is 2.43. The van der Waals surface area contributed by atoms with Crippen molar-refractivity contribution in [1.82, 2.24) is 0 Å². The van der Waals surface area contributed by atoms with Crippen molar-refractivity contribution in [3.63, 3.8) is 0 Å². The maximum atomic E-state index is 12.7. The number of carbonyl (C=O) groups excluding carboxylic acids is 2. The van der Waals surface area contributed by atoms with Gasteiger partial charge in [0.2, 0.25) is 0 Å². The molecule has 314 valence electrons. The fourth-order valence-corrected chi connectivity index (χ4v) is 6.17. The Hall–Kier alpha value is -2.03. The molecule has 0 radical (unpaired) electrons. The van der Waals surface area contributed by atoms with Crippen molar-refractivity contribution in [3.8, 4) is 0 Å². The third-order valence-corrected chi connectivity index (χ3v) is 9.82. The minimum absolute atomic E-state index is 0.0228. The first-order valence-electron chi connectivity index (χ1n) is 21.4. The quantitative estimate of drug-likeness (QED) is 0.0217. The maximum Gasteiger partial charge on any atom is 0.472 e. The largest absolute Gasteiger partial charge is 0.472 e. The van der Waals surface area contributed by atoms with E-state index in [-0.39, 0.29) is 26.1 Å². The van der Waals surface area contributed by atoms with Gasteiger partial charge in [-0.15, -0.1) is 0 Å². The lowest BCUT2D eigenvalue weighted by Gasteiger charge is -2.24. The van der Waals surface area contributed by atoms with E-state index >= 15 is 0 Å². The van der Waals surface area contributed by atoms with Crippen LogP contribution in [0.2, 0.25) is 0 Å². The van der Waals surface area contributed by atoms with Gasteiger partial charge in [0.05, 0.1) is 27.7 Å². The van der Waals surface area contributed by atoms with Crippen LogP contribution >= 0.6 is 7.82 Å². The Kier molecular flexibility index (Phi) is 35.2. The first-order chi connectivity index (χ1) is 26.0. The molecule has 0 bridgehead atoms. The van der Waals surface area contributed by atoms with E-state index in [0.29, 0.717) is 23.9 Å². The summed E-state index contributed by atoms with van der Waals surface area (Å²) >= 11 is 0. The van der Waals surface area contributed by atoms with Crippen LogP contribution in [0.3, 0.4) is 0 Å². The van der Waals surface area contributed by atoms with Gasteiger partial charge < -0.3 is 18.9 Å². The second-order valence-electron chi connectivity index (χ2n) is 15.4. The van der Waals surface area contributed by atoms with E-state index in [1.54, 1.807) is 0 Å². The Bertz CT molecular complexity index is 1070. The maximum absolute atomic E-state index is 12.7. The predicted octanol–water partition coefficient (Wildman–Crippen LogP) is 11.9. The van der Waals surface area contributed by atoms with Crippen LogP contribution in [0.25, 0.3) is 0 Å². The monoisotopic (exact) mass is 783 g/mol. The zero-order valence-corrected chi connectivity index (χ0v) is 36.1. The molecule has 54 heavy (non-hydrogen) atoms. The number of esters is 2. The number of unbranched alkanes of at least 4 members (excludes halogenated alkanes) is 16. The average molecular weight is 783 g/mol. The number of ether oxygens (including phenoxy) is 2. The molecule has 10 heteroatoms. The summed E-state index contributed by atoms with van der Waals surface area (Å²) < 4.78 is 34.2. The molecule has 0 fully saturated rings. The first-order valence-corrected chi connectivity index (χ1v) is 22.9. The van der Waals surface area contributed by atoms with Crippen LogP contribution in [0.1, 0.15) is 168 Å². The second kappa shape index (κ2) is 36.6. The van der Waals surface area contributed by atoms with Gasteiger partial charge in [0.25, 0.3) is 0 Å². The number of hydrogen-bond donors (Lipinski definition) is 1. The molecule has 9 nitrogen and oxygen atoms in total. The summed E-state index contributed by atoms with van der Waals surface area (Å²) in [7, 11) is 1.44. The van der Waals surface area contributed by atoms with Gasteiger partial charge >= 0.3 is 19.8 Å². The molecule has 0 saturated carbocycles. The number of quaternary nitrogens is 1. The lowest BCUT2D eigenvalue weighted by atomic mass is 10.1. The Labute approximate surface area is 331 Å². The number of phosphoric ester groups is 1. The fraction of sp³-hybridized carbons (Fsp3) is 0.773. The van der Waals surface area contributed by atoms with Gasteiger partial charge in [-0.1, -0.05) is 127 Å². The zero-order chi connectivity index (χ0) is 40.0. The van der Waals surface area contributed by atoms with Gasteiger partial charge in [-0.3, -0.25) is 18.6 Å². The van der Waals surface area contributed by atoms with Gasteiger partial charge in [0, 0.05) is 12.8 Å². The topological polar surface area (TPSA) is 108 Å². The lowest BCUT2D eigenvalue weighted by molar-refractivity contribution is -0.870. The summed E-state index contributed by atoms with van der Waals surface area (Å²) in [6, 6.07) is 0. The number of rotatable bonds is 38. The van der Waals surface area contributed by atoms with Crippen molar-refractivity contribution >= 4 is 19.8 Å².